The van der Waals surface area contributed by atoms with Crippen molar-refractivity contribution in [1.82, 2.24) is 4.98 Å². The van der Waals surface area contributed by atoms with Gasteiger partial charge in [0.05, 0.1) is 16.3 Å². The number of rotatable bonds is 4. The Kier molecular flexibility index (Phi) is 4.56. The molecule has 0 saturated heterocycles. The van der Waals surface area contributed by atoms with Gasteiger partial charge in [-0.15, -0.1) is 11.3 Å². The predicted octanol–water partition coefficient (Wildman–Crippen LogP) is 3.64. The third kappa shape index (κ3) is 3.58. The molecule has 144 valence electrons. The van der Waals surface area contributed by atoms with Gasteiger partial charge in [-0.25, -0.2) is 13.4 Å². The van der Waals surface area contributed by atoms with Crippen molar-refractivity contribution in [2.24, 2.45) is 0 Å². The summed E-state index contributed by atoms with van der Waals surface area (Å²) in [6.45, 7) is 3.57. The van der Waals surface area contributed by atoms with Gasteiger partial charge in [-0.3, -0.25) is 9.52 Å². The zero-order chi connectivity index (χ0) is 19.9. The van der Waals surface area contributed by atoms with E-state index in [0.29, 0.717) is 17.1 Å². The minimum atomic E-state index is -3.71. The number of aromatic nitrogens is 1. The van der Waals surface area contributed by atoms with E-state index in [1.165, 1.54) is 11.3 Å². The number of hydrogen-bond acceptors (Lipinski definition) is 6. The molecule has 7 nitrogen and oxygen atoms in total. The molecule has 2 N–H and O–H groups in total. The Balaban J connectivity index is 1.57. The highest BCUT2D eigenvalue weighted by molar-refractivity contribution is 7.93. The minimum absolute atomic E-state index is 0.178. The number of amides is 1. The lowest BCUT2D eigenvalue weighted by Gasteiger charge is -2.23. The molecule has 9 heteroatoms. The van der Waals surface area contributed by atoms with E-state index in [1.54, 1.807) is 48.7 Å². The summed E-state index contributed by atoms with van der Waals surface area (Å²) in [7, 11) is -3.71. The van der Waals surface area contributed by atoms with Crippen LogP contribution in [0.5, 0.6) is 5.75 Å². The molecule has 0 saturated carbocycles. The van der Waals surface area contributed by atoms with E-state index in [0.717, 1.165) is 11.1 Å². The van der Waals surface area contributed by atoms with Gasteiger partial charge in [0.25, 0.3) is 15.9 Å². The lowest BCUT2D eigenvalue weighted by Crippen LogP contribution is -2.34. The lowest BCUT2D eigenvalue weighted by molar-refractivity contribution is -0.122. The van der Waals surface area contributed by atoms with E-state index >= 15 is 0 Å². The summed E-state index contributed by atoms with van der Waals surface area (Å²) >= 11 is 1.19. The van der Waals surface area contributed by atoms with E-state index in [-0.39, 0.29) is 15.9 Å². The van der Waals surface area contributed by atoms with E-state index in [9.17, 15) is 13.2 Å². The molecular formula is C19H17N3O4S2. The molecule has 3 aromatic rings. The van der Waals surface area contributed by atoms with Gasteiger partial charge in [0.2, 0.25) is 0 Å². The fraction of sp³-hybridized carbons (Fsp3) is 0.158. The zero-order valence-electron chi connectivity index (χ0n) is 15.1. The first-order valence-electron chi connectivity index (χ1n) is 8.49. The molecule has 0 fully saturated rings. The summed E-state index contributed by atoms with van der Waals surface area (Å²) in [5.74, 6) is 0.376. The summed E-state index contributed by atoms with van der Waals surface area (Å²) in [5, 5.41) is 4.81. The summed E-state index contributed by atoms with van der Waals surface area (Å²) in [4.78, 5) is 16.3. The van der Waals surface area contributed by atoms with Gasteiger partial charge in [-0.05, 0) is 44.2 Å². The number of ether oxygens (including phenoxy) is 1. The predicted molar refractivity (Wildman–Crippen MR) is 108 cm³/mol. The van der Waals surface area contributed by atoms with E-state index in [1.807, 2.05) is 13.0 Å². The quantitative estimate of drug-likeness (QED) is 0.678. The first kappa shape index (κ1) is 18.5. The van der Waals surface area contributed by atoms with Crippen LogP contribution in [0.25, 0.3) is 11.3 Å². The lowest BCUT2D eigenvalue weighted by atomic mass is 10.1. The second-order valence-electron chi connectivity index (χ2n) is 6.42. The van der Waals surface area contributed by atoms with Crippen LogP contribution in [0.2, 0.25) is 0 Å². The van der Waals surface area contributed by atoms with Crippen LogP contribution in [0, 0.1) is 6.92 Å². The van der Waals surface area contributed by atoms with Crippen molar-refractivity contribution in [3.05, 3.63) is 53.4 Å². The largest absolute Gasteiger partial charge is 0.479 e. The van der Waals surface area contributed by atoms with Gasteiger partial charge in [-0.1, -0.05) is 17.7 Å². The summed E-state index contributed by atoms with van der Waals surface area (Å²) in [6.07, 6.45) is -0.541. The highest BCUT2D eigenvalue weighted by Gasteiger charge is 2.24. The molecule has 0 spiro atoms. The minimum Gasteiger partial charge on any atom is -0.479 e. The van der Waals surface area contributed by atoms with Gasteiger partial charge in [0.1, 0.15) is 5.75 Å². The number of carbonyl (C=O) groups excluding carboxylic acids is 1. The Bertz CT molecular complexity index is 1150. The number of benzene rings is 2. The second-order valence-corrected chi connectivity index (χ2v) is 8.96. The van der Waals surface area contributed by atoms with Crippen LogP contribution in [0.4, 0.5) is 10.8 Å². The smallest absolute Gasteiger partial charge is 0.265 e. The number of aryl methyl sites for hydroxylation is 1. The topological polar surface area (TPSA) is 97.4 Å². The van der Waals surface area contributed by atoms with Gasteiger partial charge in [0.15, 0.2) is 11.2 Å². The van der Waals surface area contributed by atoms with Crippen molar-refractivity contribution < 1.29 is 17.9 Å². The number of nitrogens with one attached hydrogen (secondary N) is 2. The number of anilines is 2. The van der Waals surface area contributed by atoms with Crippen LogP contribution in [0.15, 0.2) is 52.7 Å². The number of hydrogen-bond donors (Lipinski definition) is 2. The van der Waals surface area contributed by atoms with Crippen molar-refractivity contribution in [2.75, 3.05) is 10.0 Å². The third-order valence-electron chi connectivity index (χ3n) is 4.26. The van der Waals surface area contributed by atoms with Crippen LogP contribution in [0.1, 0.15) is 12.5 Å². The Labute approximate surface area is 166 Å². The number of nitrogens with zero attached hydrogens (tertiary/aromatic N) is 1. The Morgan fingerprint density at radius 2 is 1.93 bits per heavy atom. The van der Waals surface area contributed by atoms with Gasteiger partial charge < -0.3 is 10.1 Å². The summed E-state index contributed by atoms with van der Waals surface area (Å²) in [5.41, 5.74) is 2.89. The molecule has 0 radical (unpaired) electrons. The van der Waals surface area contributed by atoms with Crippen molar-refractivity contribution >= 4 is 38.1 Å². The fourth-order valence-electron chi connectivity index (χ4n) is 2.71. The van der Waals surface area contributed by atoms with Crippen molar-refractivity contribution in [3.63, 3.8) is 0 Å². The van der Waals surface area contributed by atoms with Crippen LogP contribution in [0.3, 0.4) is 0 Å². The molecule has 1 aliphatic heterocycles. The summed E-state index contributed by atoms with van der Waals surface area (Å²) in [6, 6.07) is 11.9. The van der Waals surface area contributed by atoms with Gasteiger partial charge in [0, 0.05) is 10.9 Å². The maximum absolute atomic E-state index is 12.5. The molecule has 28 heavy (non-hydrogen) atoms. The van der Waals surface area contributed by atoms with Gasteiger partial charge in [-0.2, -0.15) is 0 Å². The standard InChI is InChI=1S/C19H17N3O4S2/c1-11-3-6-14(7-4-11)28(24,25)22-19-21-16(10-27-19)13-5-8-17-15(9-13)20-18(23)12(2)26-17/h3-10,12H,1-2H3,(H,20,23)(H,21,22). The Morgan fingerprint density at radius 1 is 1.18 bits per heavy atom. The number of fused-ring (bicyclic) bond motifs is 1. The molecule has 1 unspecified atom stereocenters. The maximum atomic E-state index is 12.5. The van der Waals surface area contributed by atoms with Crippen molar-refractivity contribution in [1.29, 1.82) is 0 Å². The number of sulfonamides is 1. The summed E-state index contributed by atoms with van der Waals surface area (Å²) < 4.78 is 33.1. The normalized spacial score (nSPS) is 16.1. The van der Waals surface area contributed by atoms with E-state index < -0.39 is 16.1 Å². The maximum Gasteiger partial charge on any atom is 0.265 e. The molecule has 1 amide bonds. The molecular weight excluding hydrogens is 398 g/mol. The van der Waals surface area contributed by atoms with Crippen LogP contribution in [-0.4, -0.2) is 25.4 Å². The van der Waals surface area contributed by atoms with Crippen molar-refractivity contribution in [3.8, 4) is 17.0 Å². The molecule has 2 aromatic carbocycles. The molecule has 4 rings (SSSR count). The molecule has 1 atom stereocenters. The Hall–Kier alpha value is -2.91. The highest BCUT2D eigenvalue weighted by Crippen LogP contribution is 2.35. The van der Waals surface area contributed by atoms with Gasteiger partial charge >= 0.3 is 0 Å². The molecule has 1 aliphatic rings. The van der Waals surface area contributed by atoms with E-state index in [2.05, 4.69) is 15.0 Å². The Morgan fingerprint density at radius 3 is 2.68 bits per heavy atom. The SMILES string of the molecule is Cc1ccc(S(=O)(=O)Nc2nc(-c3ccc4c(c3)NC(=O)C(C)O4)cs2)cc1. The van der Waals surface area contributed by atoms with Crippen LogP contribution in [-0.2, 0) is 14.8 Å². The molecule has 0 bridgehead atoms. The molecule has 1 aromatic heterocycles. The number of thiazole rings is 1. The molecule has 2 heterocycles. The number of carbonyl (C=O) groups is 1. The average molecular weight is 415 g/mol. The van der Waals surface area contributed by atoms with E-state index in [4.69, 9.17) is 4.74 Å². The molecule has 0 aliphatic carbocycles. The van der Waals surface area contributed by atoms with Crippen molar-refractivity contribution in [2.45, 2.75) is 24.8 Å². The zero-order valence-corrected chi connectivity index (χ0v) is 16.7. The third-order valence-corrected chi connectivity index (χ3v) is 6.51. The monoisotopic (exact) mass is 415 g/mol. The fourth-order valence-corrected chi connectivity index (χ4v) is 4.69. The van der Waals surface area contributed by atoms with Crippen LogP contribution >= 0.6 is 11.3 Å². The highest BCUT2D eigenvalue weighted by atomic mass is 32.2. The average Bonchev–Trinajstić information content (AvgIpc) is 3.10. The first-order chi connectivity index (χ1) is 13.3. The second kappa shape index (κ2) is 6.92. The van der Waals surface area contributed by atoms with Crippen LogP contribution < -0.4 is 14.8 Å². The first-order valence-corrected chi connectivity index (χ1v) is 10.8.